The first-order valence-electron chi connectivity index (χ1n) is 14.4. The van der Waals surface area contributed by atoms with Crippen molar-refractivity contribution in [1.82, 2.24) is 5.32 Å². The van der Waals surface area contributed by atoms with Crippen LogP contribution >= 0.6 is 15.9 Å². The van der Waals surface area contributed by atoms with Gasteiger partial charge in [-0.25, -0.2) is 4.79 Å². The Morgan fingerprint density at radius 1 is 0.800 bits per heavy atom. The van der Waals surface area contributed by atoms with Crippen molar-refractivity contribution in [3.05, 3.63) is 155 Å². The second kappa shape index (κ2) is 15.5. The highest BCUT2D eigenvalue weighted by Gasteiger charge is 2.24. The Bertz CT molecular complexity index is 1750. The van der Waals surface area contributed by atoms with E-state index in [2.05, 4.69) is 21.2 Å². The van der Waals surface area contributed by atoms with E-state index in [1.807, 2.05) is 121 Å². The number of nitrogens with one attached hydrogen (secondary N) is 1. The molecule has 0 heterocycles. The Morgan fingerprint density at radius 3 is 2.22 bits per heavy atom. The van der Waals surface area contributed by atoms with E-state index in [1.165, 1.54) is 7.11 Å². The predicted molar refractivity (Wildman–Crippen MR) is 180 cm³/mol. The second-order valence-electron chi connectivity index (χ2n) is 10.1. The molecule has 6 nitrogen and oxygen atoms in total. The van der Waals surface area contributed by atoms with Crippen LogP contribution in [0.1, 0.15) is 21.5 Å². The largest absolute Gasteiger partial charge is 0.489 e. The molecule has 1 atom stereocenters. The Labute approximate surface area is 271 Å². The summed E-state index contributed by atoms with van der Waals surface area (Å²) in [6.45, 7) is 0.267. The summed E-state index contributed by atoms with van der Waals surface area (Å²) >= 11 is 3.44. The number of halogens is 1. The molecule has 5 aromatic rings. The number of ether oxygens (including phenoxy) is 3. The number of rotatable bonds is 12. The summed E-state index contributed by atoms with van der Waals surface area (Å²) in [5.41, 5.74) is 4.10. The van der Waals surface area contributed by atoms with Gasteiger partial charge in [0.2, 0.25) is 0 Å². The standard InChI is InChI=1S/C38H32BrNO5/c1-43-38(42)34(40-37(41)33-26-30(39)22-23-35(33)44-24-10-13-27-11-4-2-5-12-27)25-28-18-20-29(21-19-28)32-16-8-9-17-36(32)45-31-14-6-3-7-15-31/h2-23,26,34H,24-25H2,1H3,(H,40,41)/t34-/m0/s1. The van der Waals surface area contributed by atoms with Gasteiger partial charge < -0.3 is 19.5 Å². The van der Waals surface area contributed by atoms with Crippen LogP contribution in [-0.4, -0.2) is 31.6 Å². The first kappa shape index (κ1) is 31.3. The van der Waals surface area contributed by atoms with Crippen molar-refractivity contribution in [2.45, 2.75) is 12.5 Å². The minimum Gasteiger partial charge on any atom is -0.489 e. The van der Waals surface area contributed by atoms with E-state index in [-0.39, 0.29) is 13.0 Å². The quantitative estimate of drug-likeness (QED) is 0.136. The Kier molecular flexibility index (Phi) is 10.8. The summed E-state index contributed by atoms with van der Waals surface area (Å²) in [6.07, 6.45) is 4.07. The molecule has 0 radical (unpaired) electrons. The van der Waals surface area contributed by atoms with Crippen molar-refractivity contribution < 1.29 is 23.8 Å². The minimum absolute atomic E-state index is 0.241. The topological polar surface area (TPSA) is 73.9 Å². The number of methoxy groups -OCH3 is 1. The maximum atomic E-state index is 13.5. The Hall–Kier alpha value is -5.14. The molecule has 0 spiro atoms. The van der Waals surface area contributed by atoms with E-state index < -0.39 is 17.9 Å². The summed E-state index contributed by atoms with van der Waals surface area (Å²) in [6, 6.07) is 39.4. The molecule has 5 rings (SSSR count). The summed E-state index contributed by atoms with van der Waals surface area (Å²) in [7, 11) is 1.31. The molecule has 0 saturated carbocycles. The van der Waals surface area contributed by atoms with Gasteiger partial charge in [-0.1, -0.05) is 113 Å². The summed E-state index contributed by atoms with van der Waals surface area (Å²) in [5, 5.41) is 2.85. The zero-order valence-electron chi connectivity index (χ0n) is 24.7. The van der Waals surface area contributed by atoms with Crippen LogP contribution in [0.3, 0.4) is 0 Å². The number of carbonyl (C=O) groups is 2. The number of para-hydroxylation sites is 2. The number of carbonyl (C=O) groups excluding carboxylic acids is 2. The molecular formula is C38H32BrNO5. The predicted octanol–water partition coefficient (Wildman–Crippen LogP) is 8.51. The lowest BCUT2D eigenvalue weighted by atomic mass is 9.99. The average molecular weight is 663 g/mol. The molecule has 226 valence electrons. The summed E-state index contributed by atoms with van der Waals surface area (Å²) < 4.78 is 17.8. The molecule has 0 fully saturated rings. The average Bonchev–Trinajstić information content (AvgIpc) is 3.08. The molecule has 7 heteroatoms. The highest BCUT2D eigenvalue weighted by atomic mass is 79.9. The van der Waals surface area contributed by atoms with Crippen molar-refractivity contribution in [3.63, 3.8) is 0 Å². The normalized spacial score (nSPS) is 11.5. The molecule has 0 aliphatic carbocycles. The van der Waals surface area contributed by atoms with Crippen molar-refractivity contribution in [2.24, 2.45) is 0 Å². The smallest absolute Gasteiger partial charge is 0.328 e. The molecule has 0 aliphatic heterocycles. The van der Waals surface area contributed by atoms with Crippen LogP contribution in [0.5, 0.6) is 17.2 Å². The van der Waals surface area contributed by atoms with Crippen LogP contribution < -0.4 is 14.8 Å². The number of esters is 1. The van der Waals surface area contributed by atoms with Crippen molar-refractivity contribution >= 4 is 33.9 Å². The number of hydrogen-bond acceptors (Lipinski definition) is 5. The second-order valence-corrected chi connectivity index (χ2v) is 11.0. The number of hydrogen-bond donors (Lipinski definition) is 1. The van der Waals surface area contributed by atoms with Crippen LogP contribution in [-0.2, 0) is 16.0 Å². The third kappa shape index (κ3) is 8.71. The summed E-state index contributed by atoms with van der Waals surface area (Å²) in [4.78, 5) is 26.3. The lowest BCUT2D eigenvalue weighted by Crippen LogP contribution is -2.43. The molecule has 0 aliphatic rings. The zero-order valence-corrected chi connectivity index (χ0v) is 26.3. The molecule has 5 aromatic carbocycles. The Balaban J connectivity index is 1.28. The lowest BCUT2D eigenvalue weighted by Gasteiger charge is -2.18. The Morgan fingerprint density at radius 2 is 1.49 bits per heavy atom. The van der Waals surface area contributed by atoms with Crippen molar-refractivity contribution in [2.75, 3.05) is 13.7 Å². The van der Waals surface area contributed by atoms with Crippen LogP contribution in [0.15, 0.2) is 138 Å². The van der Waals surface area contributed by atoms with Crippen molar-refractivity contribution in [1.29, 1.82) is 0 Å². The van der Waals surface area contributed by atoms with E-state index in [1.54, 1.807) is 18.2 Å². The van der Waals surface area contributed by atoms with Crippen LogP contribution in [0, 0.1) is 0 Å². The van der Waals surface area contributed by atoms with Crippen LogP contribution in [0.25, 0.3) is 17.2 Å². The number of benzene rings is 5. The van der Waals surface area contributed by atoms with Gasteiger partial charge in [0, 0.05) is 16.5 Å². The third-order valence-corrected chi connectivity index (χ3v) is 7.48. The first-order valence-corrected chi connectivity index (χ1v) is 15.2. The van der Waals surface area contributed by atoms with E-state index in [9.17, 15) is 9.59 Å². The van der Waals surface area contributed by atoms with Gasteiger partial charge in [0.1, 0.15) is 29.9 Å². The van der Waals surface area contributed by atoms with E-state index in [4.69, 9.17) is 14.2 Å². The highest BCUT2D eigenvalue weighted by molar-refractivity contribution is 9.10. The highest BCUT2D eigenvalue weighted by Crippen LogP contribution is 2.33. The van der Waals surface area contributed by atoms with Gasteiger partial charge >= 0.3 is 5.97 Å². The van der Waals surface area contributed by atoms with Crippen LogP contribution in [0.2, 0.25) is 0 Å². The van der Waals surface area contributed by atoms with E-state index in [0.29, 0.717) is 15.8 Å². The third-order valence-electron chi connectivity index (χ3n) is 6.99. The van der Waals surface area contributed by atoms with Gasteiger partial charge in [-0.15, -0.1) is 0 Å². The van der Waals surface area contributed by atoms with Gasteiger partial charge in [-0.3, -0.25) is 4.79 Å². The fraction of sp³-hybridized carbons (Fsp3) is 0.105. The molecule has 1 amide bonds. The van der Waals surface area contributed by atoms with Crippen molar-refractivity contribution in [3.8, 4) is 28.4 Å². The first-order chi connectivity index (χ1) is 22.0. The SMILES string of the molecule is COC(=O)[C@H](Cc1ccc(-c2ccccc2Oc2ccccc2)cc1)NC(=O)c1cc(Br)ccc1OCC=Cc1ccccc1. The fourth-order valence-electron chi connectivity index (χ4n) is 4.73. The van der Waals surface area contributed by atoms with Gasteiger partial charge in [0.15, 0.2) is 0 Å². The van der Waals surface area contributed by atoms with E-state index >= 15 is 0 Å². The molecule has 0 bridgehead atoms. The molecule has 0 unspecified atom stereocenters. The maximum absolute atomic E-state index is 13.5. The zero-order chi connectivity index (χ0) is 31.4. The molecular weight excluding hydrogens is 630 g/mol. The van der Waals surface area contributed by atoms with E-state index in [0.717, 1.165) is 33.8 Å². The minimum atomic E-state index is -0.910. The molecule has 0 saturated heterocycles. The molecule has 0 aromatic heterocycles. The monoisotopic (exact) mass is 661 g/mol. The van der Waals surface area contributed by atoms with Gasteiger partial charge in [-0.05, 0) is 59.2 Å². The van der Waals surface area contributed by atoms with Gasteiger partial charge in [0.25, 0.3) is 5.91 Å². The fourth-order valence-corrected chi connectivity index (χ4v) is 5.09. The van der Waals surface area contributed by atoms with Gasteiger partial charge in [0.05, 0.1) is 12.7 Å². The maximum Gasteiger partial charge on any atom is 0.328 e. The number of amides is 1. The summed E-state index contributed by atoms with van der Waals surface area (Å²) in [5.74, 6) is 0.895. The molecule has 45 heavy (non-hydrogen) atoms. The van der Waals surface area contributed by atoms with Gasteiger partial charge in [-0.2, -0.15) is 0 Å². The lowest BCUT2D eigenvalue weighted by molar-refractivity contribution is -0.142. The molecule has 1 N–H and O–H groups in total. The van der Waals surface area contributed by atoms with Crippen LogP contribution in [0.4, 0.5) is 0 Å².